The van der Waals surface area contributed by atoms with Crippen LogP contribution in [0.3, 0.4) is 0 Å². The van der Waals surface area contributed by atoms with E-state index < -0.39 is 24.0 Å². The predicted molar refractivity (Wildman–Crippen MR) is 77.1 cm³/mol. The maximum atomic E-state index is 11.9. The summed E-state index contributed by atoms with van der Waals surface area (Å²) in [7, 11) is 0. The van der Waals surface area contributed by atoms with Gasteiger partial charge in [-0.25, -0.2) is 4.79 Å². The molecule has 0 fully saturated rings. The number of benzene rings is 1. The Morgan fingerprint density at radius 3 is 2.35 bits per heavy atom. The molecule has 5 heteroatoms. The van der Waals surface area contributed by atoms with Crippen LogP contribution in [-0.4, -0.2) is 29.1 Å². The van der Waals surface area contributed by atoms with Crippen LogP contribution in [0, 0.1) is 5.92 Å². The second-order valence-corrected chi connectivity index (χ2v) is 5.33. The molecule has 0 bridgehead atoms. The SMILES string of the molecule is CC(C)C[C@H](NC(=O)[C@H](N)Cc1ccccc1)C(=O)O. The summed E-state index contributed by atoms with van der Waals surface area (Å²) in [6.45, 7) is 3.82. The third-order valence-electron chi connectivity index (χ3n) is 2.96. The van der Waals surface area contributed by atoms with Crippen molar-refractivity contribution in [3.05, 3.63) is 35.9 Å². The molecule has 1 amide bonds. The number of carbonyl (C=O) groups excluding carboxylic acids is 1. The summed E-state index contributed by atoms with van der Waals surface area (Å²) in [5.74, 6) is -1.28. The lowest BCUT2D eigenvalue weighted by molar-refractivity contribution is -0.142. The van der Waals surface area contributed by atoms with Gasteiger partial charge in [-0.1, -0.05) is 44.2 Å². The van der Waals surface area contributed by atoms with Gasteiger partial charge in [0.15, 0.2) is 0 Å². The molecule has 5 nitrogen and oxygen atoms in total. The van der Waals surface area contributed by atoms with Crippen LogP contribution in [0.1, 0.15) is 25.8 Å². The number of carboxylic acids is 1. The minimum Gasteiger partial charge on any atom is -0.480 e. The molecule has 0 heterocycles. The molecule has 1 rings (SSSR count). The first-order valence-electron chi connectivity index (χ1n) is 6.72. The van der Waals surface area contributed by atoms with Crippen LogP contribution in [0.25, 0.3) is 0 Å². The molecule has 1 aromatic carbocycles. The van der Waals surface area contributed by atoms with E-state index in [-0.39, 0.29) is 5.92 Å². The number of hydrogen-bond donors (Lipinski definition) is 3. The maximum absolute atomic E-state index is 11.9. The van der Waals surface area contributed by atoms with Gasteiger partial charge in [-0.3, -0.25) is 4.79 Å². The van der Waals surface area contributed by atoms with E-state index in [1.807, 2.05) is 44.2 Å². The van der Waals surface area contributed by atoms with E-state index >= 15 is 0 Å². The molecule has 0 saturated carbocycles. The minimum absolute atomic E-state index is 0.182. The van der Waals surface area contributed by atoms with Crippen LogP contribution in [0.15, 0.2) is 30.3 Å². The summed E-state index contributed by atoms with van der Waals surface area (Å²) in [5.41, 5.74) is 6.77. The van der Waals surface area contributed by atoms with E-state index in [0.29, 0.717) is 12.8 Å². The largest absolute Gasteiger partial charge is 0.480 e. The highest BCUT2D eigenvalue weighted by atomic mass is 16.4. The van der Waals surface area contributed by atoms with Crippen LogP contribution >= 0.6 is 0 Å². The van der Waals surface area contributed by atoms with Crippen LogP contribution in [0.4, 0.5) is 0 Å². The fourth-order valence-corrected chi connectivity index (χ4v) is 1.93. The molecule has 20 heavy (non-hydrogen) atoms. The summed E-state index contributed by atoms with van der Waals surface area (Å²) < 4.78 is 0. The monoisotopic (exact) mass is 278 g/mol. The van der Waals surface area contributed by atoms with Crippen LogP contribution < -0.4 is 11.1 Å². The fraction of sp³-hybridized carbons (Fsp3) is 0.467. The lowest BCUT2D eigenvalue weighted by Gasteiger charge is -2.19. The Bertz CT molecular complexity index is 446. The highest BCUT2D eigenvalue weighted by molar-refractivity contribution is 5.86. The number of nitrogens with two attached hydrogens (primary N) is 1. The second-order valence-electron chi connectivity index (χ2n) is 5.33. The smallest absolute Gasteiger partial charge is 0.326 e. The zero-order valence-electron chi connectivity index (χ0n) is 11.9. The Morgan fingerprint density at radius 1 is 1.25 bits per heavy atom. The standard InChI is InChI=1S/C15H22N2O3/c1-10(2)8-13(15(19)20)17-14(18)12(16)9-11-6-4-3-5-7-11/h3-7,10,12-13H,8-9,16H2,1-2H3,(H,17,18)(H,19,20)/t12-,13+/m1/s1. The van der Waals surface area contributed by atoms with E-state index in [1.54, 1.807) is 0 Å². The average molecular weight is 278 g/mol. The van der Waals surface area contributed by atoms with Crippen molar-refractivity contribution in [2.75, 3.05) is 0 Å². The first kappa shape index (κ1) is 16.2. The van der Waals surface area contributed by atoms with Gasteiger partial charge in [-0.2, -0.15) is 0 Å². The van der Waals surface area contributed by atoms with E-state index in [4.69, 9.17) is 10.8 Å². The molecule has 0 aliphatic carbocycles. The van der Waals surface area contributed by atoms with E-state index in [0.717, 1.165) is 5.56 Å². The van der Waals surface area contributed by atoms with Gasteiger partial charge < -0.3 is 16.2 Å². The summed E-state index contributed by atoms with van der Waals surface area (Å²) in [6.07, 6.45) is 0.778. The molecule has 0 unspecified atom stereocenters. The van der Waals surface area contributed by atoms with E-state index in [2.05, 4.69) is 5.32 Å². The third kappa shape index (κ3) is 5.40. The molecule has 2 atom stereocenters. The van der Waals surface area contributed by atoms with Gasteiger partial charge in [0.05, 0.1) is 6.04 Å². The van der Waals surface area contributed by atoms with Crippen LogP contribution in [0.2, 0.25) is 0 Å². The maximum Gasteiger partial charge on any atom is 0.326 e. The Balaban J connectivity index is 2.57. The summed E-state index contributed by atoms with van der Waals surface area (Å²) in [4.78, 5) is 23.0. The first-order valence-corrected chi connectivity index (χ1v) is 6.72. The number of aliphatic carboxylic acids is 1. The van der Waals surface area contributed by atoms with Crippen molar-refractivity contribution >= 4 is 11.9 Å². The van der Waals surface area contributed by atoms with Gasteiger partial charge in [-0.05, 0) is 24.3 Å². The van der Waals surface area contributed by atoms with Crippen molar-refractivity contribution in [2.45, 2.75) is 38.8 Å². The molecule has 110 valence electrons. The molecular weight excluding hydrogens is 256 g/mol. The molecule has 0 radical (unpaired) electrons. The summed E-state index contributed by atoms with van der Waals surface area (Å²) >= 11 is 0. The minimum atomic E-state index is -1.03. The number of amides is 1. The highest BCUT2D eigenvalue weighted by Gasteiger charge is 2.24. The number of carbonyl (C=O) groups is 2. The summed E-state index contributed by atoms with van der Waals surface area (Å²) in [6, 6.07) is 7.78. The van der Waals surface area contributed by atoms with Gasteiger partial charge in [-0.15, -0.1) is 0 Å². The van der Waals surface area contributed by atoms with Crippen LogP contribution in [0.5, 0.6) is 0 Å². The van der Waals surface area contributed by atoms with Crippen molar-refractivity contribution in [3.63, 3.8) is 0 Å². The van der Waals surface area contributed by atoms with E-state index in [9.17, 15) is 9.59 Å². The number of rotatable bonds is 7. The Labute approximate surface area is 119 Å². The highest BCUT2D eigenvalue weighted by Crippen LogP contribution is 2.06. The Morgan fingerprint density at radius 2 is 1.85 bits per heavy atom. The number of carboxylic acid groups (broad SMARTS) is 1. The number of hydrogen-bond acceptors (Lipinski definition) is 3. The van der Waals surface area contributed by atoms with Crippen LogP contribution in [-0.2, 0) is 16.0 Å². The lowest BCUT2D eigenvalue weighted by atomic mass is 10.0. The van der Waals surface area contributed by atoms with E-state index in [1.165, 1.54) is 0 Å². The molecule has 0 aliphatic rings. The van der Waals surface area contributed by atoms with Crippen molar-refractivity contribution < 1.29 is 14.7 Å². The molecule has 4 N–H and O–H groups in total. The van der Waals surface area contributed by atoms with Gasteiger partial charge in [0.2, 0.25) is 5.91 Å². The van der Waals surface area contributed by atoms with Crippen molar-refractivity contribution in [1.29, 1.82) is 0 Å². The molecule has 0 spiro atoms. The van der Waals surface area contributed by atoms with Gasteiger partial charge >= 0.3 is 5.97 Å². The predicted octanol–water partition coefficient (Wildman–Crippen LogP) is 1.17. The first-order chi connectivity index (χ1) is 9.40. The van der Waals surface area contributed by atoms with Crippen molar-refractivity contribution in [3.8, 4) is 0 Å². The van der Waals surface area contributed by atoms with Gasteiger partial charge in [0, 0.05) is 0 Å². The topological polar surface area (TPSA) is 92.4 Å². The quantitative estimate of drug-likeness (QED) is 0.698. The zero-order valence-corrected chi connectivity index (χ0v) is 11.9. The second kappa shape index (κ2) is 7.65. The lowest BCUT2D eigenvalue weighted by Crippen LogP contribution is -2.49. The normalized spacial score (nSPS) is 13.8. The third-order valence-corrected chi connectivity index (χ3v) is 2.96. The fourth-order valence-electron chi connectivity index (χ4n) is 1.93. The summed E-state index contributed by atoms with van der Waals surface area (Å²) in [5, 5.41) is 11.6. The van der Waals surface area contributed by atoms with Crippen molar-refractivity contribution in [1.82, 2.24) is 5.32 Å². The van der Waals surface area contributed by atoms with Crippen molar-refractivity contribution in [2.24, 2.45) is 11.7 Å². The van der Waals surface area contributed by atoms with Gasteiger partial charge in [0.25, 0.3) is 0 Å². The molecule has 0 aliphatic heterocycles. The molecule has 0 aromatic heterocycles. The Hall–Kier alpha value is -1.88. The molecule has 1 aromatic rings. The molecule has 0 saturated heterocycles. The average Bonchev–Trinajstić information content (AvgIpc) is 2.38. The number of nitrogens with one attached hydrogen (secondary N) is 1. The zero-order chi connectivity index (χ0) is 15.1. The van der Waals surface area contributed by atoms with Gasteiger partial charge in [0.1, 0.15) is 6.04 Å². The molecular formula is C15H22N2O3. The Kier molecular flexibility index (Phi) is 6.18.